The van der Waals surface area contributed by atoms with Gasteiger partial charge >= 0.3 is 0 Å². The summed E-state index contributed by atoms with van der Waals surface area (Å²) in [5, 5.41) is 3.50. The fraction of sp³-hybridized carbons (Fsp3) is 0.438. The molecule has 0 aliphatic heterocycles. The van der Waals surface area contributed by atoms with Crippen LogP contribution in [0.3, 0.4) is 0 Å². The molecule has 0 saturated carbocycles. The largest absolute Gasteiger partial charge is 0.338 e. The van der Waals surface area contributed by atoms with Crippen LogP contribution in [0.4, 0.5) is 4.39 Å². The summed E-state index contributed by atoms with van der Waals surface area (Å²) in [4.78, 5) is 4.35. The summed E-state index contributed by atoms with van der Waals surface area (Å²) >= 11 is 3.37. The van der Waals surface area contributed by atoms with E-state index >= 15 is 0 Å². The van der Waals surface area contributed by atoms with Gasteiger partial charge in [-0.2, -0.15) is 0 Å². The zero-order valence-corrected chi connectivity index (χ0v) is 14.0. The molecule has 0 aliphatic rings. The van der Waals surface area contributed by atoms with Crippen molar-refractivity contribution in [1.29, 1.82) is 0 Å². The topological polar surface area (TPSA) is 29.9 Å². The average Bonchev–Trinajstić information content (AvgIpc) is 2.88. The smallest absolute Gasteiger partial charge is 0.137 e. The number of hydrogen-bond donors (Lipinski definition) is 1. The van der Waals surface area contributed by atoms with Gasteiger partial charge in [0.25, 0.3) is 0 Å². The number of nitrogens with one attached hydrogen (secondary N) is 1. The van der Waals surface area contributed by atoms with Crippen LogP contribution in [-0.4, -0.2) is 16.1 Å². The summed E-state index contributed by atoms with van der Waals surface area (Å²) in [6.07, 6.45) is 6.54. The number of hydrogen-bond acceptors (Lipinski definition) is 2. The van der Waals surface area contributed by atoms with Crippen LogP contribution in [0.5, 0.6) is 0 Å². The molecule has 5 heteroatoms. The first kappa shape index (κ1) is 16.2. The Labute approximate surface area is 133 Å². The number of rotatable bonds is 7. The Balaban J connectivity index is 2.14. The average molecular weight is 354 g/mol. The highest BCUT2D eigenvalue weighted by atomic mass is 79.9. The van der Waals surface area contributed by atoms with Crippen LogP contribution in [0.1, 0.15) is 37.2 Å². The monoisotopic (exact) mass is 353 g/mol. The van der Waals surface area contributed by atoms with Crippen molar-refractivity contribution >= 4 is 15.9 Å². The molecule has 3 nitrogen and oxygen atoms in total. The van der Waals surface area contributed by atoms with Gasteiger partial charge in [0.2, 0.25) is 0 Å². The summed E-state index contributed by atoms with van der Waals surface area (Å²) in [6, 6.07) is 5.32. The van der Waals surface area contributed by atoms with Crippen molar-refractivity contribution in [3.8, 4) is 0 Å². The molecule has 114 valence electrons. The summed E-state index contributed by atoms with van der Waals surface area (Å²) in [7, 11) is 1.99. The number of nitrogens with zero attached hydrogens (tertiary/aromatic N) is 2. The van der Waals surface area contributed by atoms with Gasteiger partial charge in [0.1, 0.15) is 11.6 Å². The van der Waals surface area contributed by atoms with Gasteiger partial charge in [0, 0.05) is 31.9 Å². The fourth-order valence-corrected chi connectivity index (χ4v) is 2.93. The van der Waals surface area contributed by atoms with E-state index in [1.807, 2.05) is 30.1 Å². The Kier molecular flexibility index (Phi) is 5.94. The first-order valence-corrected chi connectivity index (χ1v) is 8.06. The molecule has 1 aromatic carbocycles. The molecule has 0 radical (unpaired) electrons. The molecular weight excluding hydrogens is 333 g/mol. The second kappa shape index (κ2) is 7.71. The van der Waals surface area contributed by atoms with Gasteiger partial charge in [-0.15, -0.1) is 0 Å². The van der Waals surface area contributed by atoms with E-state index in [1.165, 1.54) is 6.07 Å². The minimum atomic E-state index is -0.215. The summed E-state index contributed by atoms with van der Waals surface area (Å²) in [6.45, 7) is 3.04. The van der Waals surface area contributed by atoms with E-state index in [4.69, 9.17) is 0 Å². The lowest BCUT2D eigenvalue weighted by atomic mass is 10.0. The van der Waals surface area contributed by atoms with Crippen molar-refractivity contribution in [2.75, 3.05) is 6.54 Å². The van der Waals surface area contributed by atoms with Gasteiger partial charge in [-0.05, 0) is 46.9 Å². The number of imidazole rings is 1. The molecule has 0 amide bonds. The predicted molar refractivity (Wildman–Crippen MR) is 86.7 cm³/mol. The Morgan fingerprint density at radius 1 is 1.43 bits per heavy atom. The maximum Gasteiger partial charge on any atom is 0.137 e. The van der Waals surface area contributed by atoms with Crippen molar-refractivity contribution in [1.82, 2.24) is 14.9 Å². The Hall–Kier alpha value is -1.20. The van der Waals surface area contributed by atoms with Crippen LogP contribution in [-0.2, 0) is 13.5 Å². The molecule has 1 atom stereocenters. The molecule has 1 unspecified atom stereocenters. The lowest BCUT2D eigenvalue weighted by Gasteiger charge is -2.20. The fourth-order valence-electron chi connectivity index (χ4n) is 2.39. The first-order chi connectivity index (χ1) is 10.1. The SMILES string of the molecule is CCCNC(CCc1nccn1C)c1cccc(F)c1Br. The minimum absolute atomic E-state index is 0.117. The van der Waals surface area contributed by atoms with Gasteiger partial charge in [0.05, 0.1) is 4.47 Å². The Bertz CT molecular complexity index is 583. The summed E-state index contributed by atoms with van der Waals surface area (Å²) < 4.78 is 16.3. The number of aromatic nitrogens is 2. The van der Waals surface area contributed by atoms with Crippen molar-refractivity contribution in [2.45, 2.75) is 32.2 Å². The highest BCUT2D eigenvalue weighted by molar-refractivity contribution is 9.10. The van der Waals surface area contributed by atoms with Gasteiger partial charge in [-0.3, -0.25) is 0 Å². The molecule has 21 heavy (non-hydrogen) atoms. The zero-order chi connectivity index (χ0) is 15.2. The molecule has 2 rings (SSSR count). The van der Waals surface area contributed by atoms with Gasteiger partial charge in [0.15, 0.2) is 0 Å². The van der Waals surface area contributed by atoms with E-state index in [2.05, 4.69) is 33.2 Å². The van der Waals surface area contributed by atoms with E-state index in [-0.39, 0.29) is 11.9 Å². The molecule has 1 N–H and O–H groups in total. The Morgan fingerprint density at radius 3 is 2.90 bits per heavy atom. The quantitative estimate of drug-likeness (QED) is 0.815. The summed E-state index contributed by atoms with van der Waals surface area (Å²) in [5.41, 5.74) is 0.970. The Morgan fingerprint density at radius 2 is 2.24 bits per heavy atom. The van der Waals surface area contributed by atoms with Gasteiger partial charge in [-0.25, -0.2) is 9.37 Å². The highest BCUT2D eigenvalue weighted by Crippen LogP contribution is 2.28. The van der Waals surface area contributed by atoms with Gasteiger partial charge in [-0.1, -0.05) is 19.1 Å². The van der Waals surface area contributed by atoms with Crippen molar-refractivity contribution in [3.05, 3.63) is 52.3 Å². The molecule has 0 saturated heterocycles. The third-order valence-electron chi connectivity index (χ3n) is 3.58. The van der Waals surface area contributed by atoms with Crippen LogP contribution >= 0.6 is 15.9 Å². The van der Waals surface area contributed by atoms with Crippen LogP contribution in [0.2, 0.25) is 0 Å². The maximum atomic E-state index is 13.7. The molecule has 2 aromatic rings. The highest BCUT2D eigenvalue weighted by Gasteiger charge is 2.16. The number of halogens is 2. The molecular formula is C16H21BrFN3. The molecule has 0 spiro atoms. The number of aryl methyl sites for hydroxylation is 2. The van der Waals surface area contributed by atoms with E-state index in [0.717, 1.165) is 37.2 Å². The van der Waals surface area contributed by atoms with Crippen LogP contribution in [0.15, 0.2) is 35.1 Å². The van der Waals surface area contributed by atoms with E-state index in [9.17, 15) is 4.39 Å². The third kappa shape index (κ3) is 4.14. The molecule has 0 fully saturated rings. The van der Waals surface area contributed by atoms with Crippen LogP contribution in [0.25, 0.3) is 0 Å². The van der Waals surface area contributed by atoms with Crippen LogP contribution < -0.4 is 5.32 Å². The molecule has 0 bridgehead atoms. The standard InChI is InChI=1S/C16H21BrFN3/c1-3-9-19-14(7-8-15-20-10-11-21(15)2)12-5-4-6-13(18)16(12)17/h4-6,10-11,14,19H,3,7-9H2,1-2H3. The first-order valence-electron chi connectivity index (χ1n) is 7.27. The lowest BCUT2D eigenvalue weighted by molar-refractivity contribution is 0.485. The second-order valence-electron chi connectivity index (χ2n) is 5.14. The second-order valence-corrected chi connectivity index (χ2v) is 5.94. The maximum absolute atomic E-state index is 13.7. The summed E-state index contributed by atoms with van der Waals surface area (Å²) in [5.74, 6) is 0.832. The van der Waals surface area contributed by atoms with Crippen molar-refractivity contribution in [2.24, 2.45) is 7.05 Å². The third-order valence-corrected chi connectivity index (χ3v) is 4.41. The van der Waals surface area contributed by atoms with E-state index in [1.54, 1.807) is 6.07 Å². The van der Waals surface area contributed by atoms with Crippen molar-refractivity contribution < 1.29 is 4.39 Å². The normalized spacial score (nSPS) is 12.6. The molecule has 1 heterocycles. The zero-order valence-electron chi connectivity index (χ0n) is 12.4. The van der Waals surface area contributed by atoms with Crippen molar-refractivity contribution in [3.63, 3.8) is 0 Å². The minimum Gasteiger partial charge on any atom is -0.338 e. The number of benzene rings is 1. The van der Waals surface area contributed by atoms with E-state index in [0.29, 0.717) is 4.47 Å². The molecule has 1 aromatic heterocycles. The van der Waals surface area contributed by atoms with Gasteiger partial charge < -0.3 is 9.88 Å². The lowest BCUT2D eigenvalue weighted by Crippen LogP contribution is -2.23. The van der Waals surface area contributed by atoms with E-state index < -0.39 is 0 Å². The predicted octanol–water partition coefficient (Wildman–Crippen LogP) is 4.00. The molecule has 0 aliphatic carbocycles. The van der Waals surface area contributed by atoms with Crippen LogP contribution in [0, 0.1) is 5.82 Å².